The van der Waals surface area contributed by atoms with Crippen molar-refractivity contribution in [2.24, 2.45) is 5.92 Å². The summed E-state index contributed by atoms with van der Waals surface area (Å²) in [5.74, 6) is 0.476. The number of urea groups is 1. The van der Waals surface area contributed by atoms with Crippen molar-refractivity contribution in [1.29, 1.82) is 0 Å². The zero-order valence-corrected chi connectivity index (χ0v) is 9.59. The van der Waals surface area contributed by atoms with Gasteiger partial charge in [0.05, 0.1) is 0 Å². The molecule has 1 atom stereocenters. The average molecular weight is 186 g/mol. The zero-order chi connectivity index (χ0) is 10.6. The van der Waals surface area contributed by atoms with Crippen molar-refractivity contribution in [3.05, 3.63) is 0 Å². The molecule has 0 spiro atoms. The zero-order valence-electron chi connectivity index (χ0n) is 9.59. The lowest BCUT2D eigenvalue weighted by molar-refractivity contribution is 0.191. The molecule has 0 rings (SSSR count). The Morgan fingerprint density at radius 1 is 1.15 bits per heavy atom. The third-order valence-corrected chi connectivity index (χ3v) is 2.45. The summed E-state index contributed by atoms with van der Waals surface area (Å²) in [5.41, 5.74) is 0. The smallest absolute Gasteiger partial charge is 0.317 e. The van der Waals surface area contributed by atoms with Gasteiger partial charge in [-0.3, -0.25) is 0 Å². The third-order valence-electron chi connectivity index (χ3n) is 2.45. The number of hydrogen-bond donors (Lipinski definition) is 1. The molecule has 0 radical (unpaired) electrons. The highest BCUT2D eigenvalue weighted by molar-refractivity contribution is 5.74. The van der Waals surface area contributed by atoms with E-state index in [9.17, 15) is 4.79 Å². The summed E-state index contributed by atoms with van der Waals surface area (Å²) in [6.07, 6.45) is 0. The van der Waals surface area contributed by atoms with Gasteiger partial charge in [0, 0.05) is 19.1 Å². The quantitative estimate of drug-likeness (QED) is 0.719. The summed E-state index contributed by atoms with van der Waals surface area (Å²) in [7, 11) is 1.81. The van der Waals surface area contributed by atoms with E-state index in [1.165, 1.54) is 0 Å². The molecule has 0 bridgehead atoms. The monoisotopic (exact) mass is 186 g/mol. The lowest BCUT2D eigenvalue weighted by Crippen LogP contribution is -2.46. The van der Waals surface area contributed by atoms with Crippen LogP contribution in [0.15, 0.2) is 0 Å². The molecule has 1 N–H and O–H groups in total. The maximum absolute atomic E-state index is 11.5. The molecule has 0 saturated heterocycles. The van der Waals surface area contributed by atoms with Crippen LogP contribution in [0.4, 0.5) is 4.79 Å². The van der Waals surface area contributed by atoms with Crippen LogP contribution in [0.25, 0.3) is 0 Å². The van der Waals surface area contributed by atoms with Gasteiger partial charge in [-0.25, -0.2) is 4.79 Å². The SMILES string of the molecule is CC(C)C(C)NC(=O)N(C)C(C)C. The van der Waals surface area contributed by atoms with E-state index >= 15 is 0 Å². The van der Waals surface area contributed by atoms with E-state index in [1.54, 1.807) is 4.90 Å². The van der Waals surface area contributed by atoms with E-state index in [2.05, 4.69) is 19.2 Å². The van der Waals surface area contributed by atoms with Gasteiger partial charge in [-0.05, 0) is 26.7 Å². The van der Waals surface area contributed by atoms with Gasteiger partial charge in [-0.2, -0.15) is 0 Å². The molecular weight excluding hydrogens is 164 g/mol. The van der Waals surface area contributed by atoms with E-state index < -0.39 is 0 Å². The predicted octanol–water partition coefficient (Wildman–Crippen LogP) is 2.08. The minimum Gasteiger partial charge on any atom is -0.335 e. The predicted molar refractivity (Wildman–Crippen MR) is 55.7 cm³/mol. The Morgan fingerprint density at radius 2 is 1.62 bits per heavy atom. The highest BCUT2D eigenvalue weighted by Gasteiger charge is 2.15. The van der Waals surface area contributed by atoms with Crippen LogP contribution in [-0.4, -0.2) is 30.1 Å². The molecular formula is C10H22N2O. The first-order valence-electron chi connectivity index (χ1n) is 4.89. The number of carbonyl (C=O) groups is 1. The standard InChI is InChI=1S/C10H22N2O/c1-7(2)9(5)11-10(13)12(6)8(3)4/h7-9H,1-6H3,(H,11,13). The molecule has 0 heterocycles. The Balaban J connectivity index is 4.00. The molecule has 3 heteroatoms. The molecule has 0 aromatic rings. The van der Waals surface area contributed by atoms with Crippen molar-refractivity contribution in [2.45, 2.75) is 46.7 Å². The second kappa shape index (κ2) is 5.10. The van der Waals surface area contributed by atoms with Gasteiger partial charge in [-0.1, -0.05) is 13.8 Å². The fraction of sp³-hybridized carbons (Fsp3) is 0.900. The van der Waals surface area contributed by atoms with Crippen molar-refractivity contribution in [2.75, 3.05) is 7.05 Å². The van der Waals surface area contributed by atoms with Gasteiger partial charge < -0.3 is 10.2 Å². The molecule has 0 aliphatic carbocycles. The van der Waals surface area contributed by atoms with Crippen LogP contribution in [0.2, 0.25) is 0 Å². The first kappa shape index (κ1) is 12.3. The highest BCUT2D eigenvalue weighted by Crippen LogP contribution is 2.01. The Kier molecular flexibility index (Phi) is 4.81. The van der Waals surface area contributed by atoms with Gasteiger partial charge in [0.2, 0.25) is 0 Å². The number of nitrogens with zero attached hydrogens (tertiary/aromatic N) is 1. The molecule has 0 fully saturated rings. The van der Waals surface area contributed by atoms with Crippen LogP contribution in [0.1, 0.15) is 34.6 Å². The van der Waals surface area contributed by atoms with E-state index in [1.807, 2.05) is 27.8 Å². The van der Waals surface area contributed by atoms with Crippen LogP contribution in [0.5, 0.6) is 0 Å². The number of nitrogens with one attached hydrogen (secondary N) is 1. The van der Waals surface area contributed by atoms with Gasteiger partial charge in [0.15, 0.2) is 0 Å². The average Bonchev–Trinajstić information content (AvgIpc) is 2.02. The molecule has 0 aliphatic rings. The molecule has 78 valence electrons. The van der Waals surface area contributed by atoms with Crippen LogP contribution in [0.3, 0.4) is 0 Å². The van der Waals surface area contributed by atoms with Crippen molar-refractivity contribution >= 4 is 6.03 Å². The molecule has 0 aromatic heterocycles. The Labute approximate surface area is 81.5 Å². The fourth-order valence-electron chi connectivity index (χ4n) is 0.698. The van der Waals surface area contributed by atoms with Crippen LogP contribution in [-0.2, 0) is 0 Å². The third kappa shape index (κ3) is 4.15. The summed E-state index contributed by atoms with van der Waals surface area (Å²) < 4.78 is 0. The second-order valence-electron chi connectivity index (χ2n) is 4.19. The molecule has 3 nitrogen and oxygen atoms in total. The number of hydrogen-bond acceptors (Lipinski definition) is 1. The van der Waals surface area contributed by atoms with E-state index in [4.69, 9.17) is 0 Å². The maximum atomic E-state index is 11.5. The minimum atomic E-state index is 0.0104. The number of amides is 2. The second-order valence-corrected chi connectivity index (χ2v) is 4.19. The van der Waals surface area contributed by atoms with Gasteiger partial charge >= 0.3 is 6.03 Å². The normalized spacial score (nSPS) is 13.2. The van der Waals surface area contributed by atoms with Gasteiger partial charge in [0.25, 0.3) is 0 Å². The van der Waals surface area contributed by atoms with Gasteiger partial charge in [0.1, 0.15) is 0 Å². The summed E-state index contributed by atoms with van der Waals surface area (Å²) in [6.45, 7) is 10.2. The molecule has 0 saturated carbocycles. The molecule has 13 heavy (non-hydrogen) atoms. The molecule has 1 unspecified atom stereocenters. The topological polar surface area (TPSA) is 32.3 Å². The summed E-state index contributed by atoms with van der Waals surface area (Å²) in [5, 5.41) is 2.95. The maximum Gasteiger partial charge on any atom is 0.317 e. The van der Waals surface area contributed by atoms with Crippen molar-refractivity contribution < 1.29 is 4.79 Å². The lowest BCUT2D eigenvalue weighted by atomic mass is 10.1. The molecule has 2 amide bonds. The van der Waals surface area contributed by atoms with Crippen molar-refractivity contribution in [3.63, 3.8) is 0 Å². The number of rotatable bonds is 3. The molecule has 0 aliphatic heterocycles. The first-order chi connectivity index (χ1) is 5.86. The van der Waals surface area contributed by atoms with Crippen molar-refractivity contribution in [3.8, 4) is 0 Å². The minimum absolute atomic E-state index is 0.0104. The Morgan fingerprint density at radius 3 is 1.92 bits per heavy atom. The van der Waals surface area contributed by atoms with E-state index in [0.717, 1.165) is 0 Å². The summed E-state index contributed by atoms with van der Waals surface area (Å²) in [4.78, 5) is 13.2. The van der Waals surface area contributed by atoms with E-state index in [0.29, 0.717) is 5.92 Å². The van der Waals surface area contributed by atoms with Crippen LogP contribution >= 0.6 is 0 Å². The van der Waals surface area contributed by atoms with Crippen molar-refractivity contribution in [1.82, 2.24) is 10.2 Å². The van der Waals surface area contributed by atoms with Crippen LogP contribution < -0.4 is 5.32 Å². The van der Waals surface area contributed by atoms with Gasteiger partial charge in [-0.15, -0.1) is 0 Å². The lowest BCUT2D eigenvalue weighted by Gasteiger charge is -2.25. The Bertz CT molecular complexity index is 166. The highest BCUT2D eigenvalue weighted by atomic mass is 16.2. The fourth-order valence-corrected chi connectivity index (χ4v) is 0.698. The van der Waals surface area contributed by atoms with Crippen LogP contribution in [0, 0.1) is 5.92 Å². The molecule has 0 aromatic carbocycles. The summed E-state index contributed by atoms with van der Waals surface area (Å²) >= 11 is 0. The number of carbonyl (C=O) groups excluding carboxylic acids is 1. The first-order valence-corrected chi connectivity index (χ1v) is 4.89. The Hall–Kier alpha value is -0.730. The summed E-state index contributed by atoms with van der Waals surface area (Å²) in [6, 6.07) is 0.490. The largest absolute Gasteiger partial charge is 0.335 e. The van der Waals surface area contributed by atoms with E-state index in [-0.39, 0.29) is 18.1 Å².